The molecule has 0 spiro atoms. The summed E-state index contributed by atoms with van der Waals surface area (Å²) in [5, 5.41) is 2.90. The highest BCUT2D eigenvalue weighted by molar-refractivity contribution is 5.91. The Morgan fingerprint density at radius 2 is 2.04 bits per heavy atom. The van der Waals surface area contributed by atoms with Gasteiger partial charge >= 0.3 is 0 Å². The highest BCUT2D eigenvalue weighted by Crippen LogP contribution is 2.22. The summed E-state index contributed by atoms with van der Waals surface area (Å²) in [6.07, 6.45) is 2.36. The summed E-state index contributed by atoms with van der Waals surface area (Å²) in [6.45, 7) is 5.96. The van der Waals surface area contributed by atoms with Crippen LogP contribution in [0.3, 0.4) is 0 Å². The van der Waals surface area contributed by atoms with Crippen molar-refractivity contribution in [2.45, 2.75) is 57.7 Å². The number of likely N-dealkylation sites (tertiary alicyclic amines) is 1. The molecular formula is C20H28N2O4. The van der Waals surface area contributed by atoms with Gasteiger partial charge in [-0.25, -0.2) is 0 Å². The molecule has 2 unspecified atom stereocenters. The van der Waals surface area contributed by atoms with E-state index in [2.05, 4.69) is 5.32 Å². The SMILES string of the molecule is CCC(Oc1ccccc1C)C(=O)NC1CCN(C2CCOCC2)C1=O. The van der Waals surface area contributed by atoms with Gasteiger partial charge in [-0.3, -0.25) is 9.59 Å². The molecule has 1 aromatic carbocycles. The number of para-hydroxylation sites is 1. The summed E-state index contributed by atoms with van der Waals surface area (Å²) < 4.78 is 11.3. The normalized spacial score (nSPS) is 22.3. The van der Waals surface area contributed by atoms with Crippen molar-refractivity contribution in [3.63, 3.8) is 0 Å². The van der Waals surface area contributed by atoms with Gasteiger partial charge in [-0.15, -0.1) is 0 Å². The minimum absolute atomic E-state index is 0.0241. The van der Waals surface area contributed by atoms with Crippen LogP contribution in [-0.2, 0) is 14.3 Å². The lowest BCUT2D eigenvalue weighted by Crippen LogP contribution is -2.49. The van der Waals surface area contributed by atoms with Gasteiger partial charge in [-0.1, -0.05) is 25.1 Å². The van der Waals surface area contributed by atoms with E-state index in [0.717, 1.165) is 18.4 Å². The molecule has 0 aliphatic carbocycles. The number of amides is 2. The third-order valence-corrected chi connectivity index (χ3v) is 5.21. The summed E-state index contributed by atoms with van der Waals surface area (Å²) in [5.74, 6) is 0.509. The third-order valence-electron chi connectivity index (χ3n) is 5.21. The number of hydrogen-bond acceptors (Lipinski definition) is 4. The fourth-order valence-corrected chi connectivity index (χ4v) is 3.62. The first-order valence-electron chi connectivity index (χ1n) is 9.51. The van der Waals surface area contributed by atoms with Crippen molar-refractivity contribution in [3.05, 3.63) is 29.8 Å². The van der Waals surface area contributed by atoms with Crippen LogP contribution in [0.4, 0.5) is 0 Å². The smallest absolute Gasteiger partial charge is 0.261 e. The van der Waals surface area contributed by atoms with Crippen LogP contribution < -0.4 is 10.1 Å². The molecule has 1 N–H and O–H groups in total. The Morgan fingerprint density at radius 3 is 2.73 bits per heavy atom. The largest absolute Gasteiger partial charge is 0.480 e. The lowest BCUT2D eigenvalue weighted by molar-refractivity contribution is -0.137. The van der Waals surface area contributed by atoms with E-state index < -0.39 is 12.1 Å². The average Bonchev–Trinajstić information content (AvgIpc) is 3.02. The molecule has 2 aliphatic rings. The average molecular weight is 360 g/mol. The van der Waals surface area contributed by atoms with Crippen LogP contribution in [0.2, 0.25) is 0 Å². The van der Waals surface area contributed by atoms with Gasteiger partial charge in [0.05, 0.1) is 0 Å². The van der Waals surface area contributed by atoms with Gasteiger partial charge in [-0.2, -0.15) is 0 Å². The van der Waals surface area contributed by atoms with E-state index >= 15 is 0 Å². The van der Waals surface area contributed by atoms with Gasteiger partial charge in [0.1, 0.15) is 11.8 Å². The second-order valence-corrected chi connectivity index (χ2v) is 7.01. The summed E-state index contributed by atoms with van der Waals surface area (Å²) in [5.41, 5.74) is 0.987. The van der Waals surface area contributed by atoms with Crippen LogP contribution in [0.5, 0.6) is 5.75 Å². The molecule has 6 heteroatoms. The van der Waals surface area contributed by atoms with Crippen LogP contribution in [-0.4, -0.2) is 54.7 Å². The first-order valence-corrected chi connectivity index (χ1v) is 9.51. The van der Waals surface area contributed by atoms with Crippen molar-refractivity contribution in [2.75, 3.05) is 19.8 Å². The molecule has 2 saturated heterocycles. The second kappa shape index (κ2) is 8.54. The lowest BCUT2D eigenvalue weighted by atomic mass is 10.1. The molecular weight excluding hydrogens is 332 g/mol. The minimum Gasteiger partial charge on any atom is -0.480 e. The Bertz CT molecular complexity index is 642. The predicted molar refractivity (Wildman–Crippen MR) is 98.0 cm³/mol. The molecule has 6 nitrogen and oxygen atoms in total. The predicted octanol–water partition coefficient (Wildman–Crippen LogP) is 2.05. The van der Waals surface area contributed by atoms with Gasteiger partial charge in [0.2, 0.25) is 5.91 Å². The maximum atomic E-state index is 12.7. The summed E-state index contributed by atoms with van der Waals surface area (Å²) in [7, 11) is 0. The van der Waals surface area contributed by atoms with Crippen molar-refractivity contribution in [2.24, 2.45) is 0 Å². The molecule has 0 radical (unpaired) electrons. The zero-order valence-electron chi connectivity index (χ0n) is 15.6. The van der Waals surface area contributed by atoms with Crippen molar-refractivity contribution in [1.29, 1.82) is 0 Å². The highest BCUT2D eigenvalue weighted by Gasteiger charge is 2.38. The number of hydrogen-bond donors (Lipinski definition) is 1. The Labute approximate surface area is 154 Å². The van der Waals surface area contributed by atoms with E-state index in [1.807, 2.05) is 43.0 Å². The number of rotatable bonds is 6. The van der Waals surface area contributed by atoms with Crippen LogP contribution in [0.25, 0.3) is 0 Å². The molecule has 2 heterocycles. The highest BCUT2D eigenvalue weighted by atomic mass is 16.5. The number of benzene rings is 1. The Balaban J connectivity index is 1.58. The molecule has 2 amide bonds. The Morgan fingerprint density at radius 1 is 1.31 bits per heavy atom. The van der Waals surface area contributed by atoms with E-state index in [-0.39, 0.29) is 17.9 Å². The molecule has 0 aromatic heterocycles. The molecule has 2 fully saturated rings. The summed E-state index contributed by atoms with van der Waals surface area (Å²) in [6, 6.07) is 7.43. The molecule has 2 atom stereocenters. The Kier molecular flexibility index (Phi) is 6.14. The second-order valence-electron chi connectivity index (χ2n) is 7.01. The van der Waals surface area contributed by atoms with E-state index in [4.69, 9.17) is 9.47 Å². The van der Waals surface area contributed by atoms with Crippen molar-refractivity contribution >= 4 is 11.8 Å². The molecule has 0 bridgehead atoms. The number of ether oxygens (including phenoxy) is 2. The molecule has 1 aromatic rings. The minimum atomic E-state index is -0.596. The van der Waals surface area contributed by atoms with Gasteiger partial charge in [0.15, 0.2) is 6.10 Å². The van der Waals surface area contributed by atoms with Crippen molar-refractivity contribution in [3.8, 4) is 5.75 Å². The zero-order chi connectivity index (χ0) is 18.5. The van der Waals surface area contributed by atoms with Crippen molar-refractivity contribution in [1.82, 2.24) is 10.2 Å². The third kappa shape index (κ3) is 4.18. The zero-order valence-corrected chi connectivity index (χ0v) is 15.6. The van der Waals surface area contributed by atoms with Crippen LogP contribution in [0.15, 0.2) is 24.3 Å². The Hall–Kier alpha value is -2.08. The van der Waals surface area contributed by atoms with Gasteiger partial charge in [-0.05, 0) is 44.2 Å². The topological polar surface area (TPSA) is 67.9 Å². The van der Waals surface area contributed by atoms with Gasteiger partial charge in [0.25, 0.3) is 5.91 Å². The summed E-state index contributed by atoms with van der Waals surface area (Å²) >= 11 is 0. The van der Waals surface area contributed by atoms with Crippen LogP contribution in [0, 0.1) is 6.92 Å². The maximum Gasteiger partial charge on any atom is 0.261 e. The number of carbonyl (C=O) groups is 2. The number of nitrogens with one attached hydrogen (secondary N) is 1. The van der Waals surface area contributed by atoms with E-state index in [1.165, 1.54) is 0 Å². The molecule has 3 rings (SSSR count). The van der Waals surface area contributed by atoms with Crippen LogP contribution >= 0.6 is 0 Å². The lowest BCUT2D eigenvalue weighted by Gasteiger charge is -2.31. The number of aryl methyl sites for hydroxylation is 1. The first-order chi connectivity index (χ1) is 12.6. The first kappa shape index (κ1) is 18.7. The molecule has 142 valence electrons. The van der Waals surface area contributed by atoms with E-state index in [0.29, 0.717) is 38.3 Å². The standard InChI is InChI=1S/C20H28N2O4/c1-3-17(26-18-7-5-4-6-14(18)2)19(23)21-16-8-11-22(20(16)24)15-9-12-25-13-10-15/h4-7,15-17H,3,8-13H2,1-2H3,(H,21,23). The fraction of sp³-hybridized carbons (Fsp3) is 0.600. The maximum absolute atomic E-state index is 12.7. The molecule has 0 saturated carbocycles. The molecule has 2 aliphatic heterocycles. The molecule has 26 heavy (non-hydrogen) atoms. The van der Waals surface area contributed by atoms with Crippen LogP contribution in [0.1, 0.15) is 38.2 Å². The fourth-order valence-electron chi connectivity index (χ4n) is 3.62. The monoisotopic (exact) mass is 360 g/mol. The van der Waals surface area contributed by atoms with E-state index in [1.54, 1.807) is 0 Å². The number of carbonyl (C=O) groups excluding carboxylic acids is 2. The summed E-state index contributed by atoms with van der Waals surface area (Å²) in [4.78, 5) is 27.3. The van der Waals surface area contributed by atoms with Crippen molar-refractivity contribution < 1.29 is 19.1 Å². The van der Waals surface area contributed by atoms with E-state index in [9.17, 15) is 9.59 Å². The number of nitrogens with zero attached hydrogens (tertiary/aromatic N) is 1. The quantitative estimate of drug-likeness (QED) is 0.843. The van der Waals surface area contributed by atoms with Gasteiger partial charge < -0.3 is 19.7 Å². The van der Waals surface area contributed by atoms with Gasteiger partial charge in [0, 0.05) is 25.8 Å².